The zero-order valence-corrected chi connectivity index (χ0v) is 8.70. The van der Waals surface area contributed by atoms with Gasteiger partial charge in [0.25, 0.3) is 0 Å². The Balaban J connectivity index is 2.29. The molecule has 1 aromatic rings. The molecule has 2 rings (SSSR count). The van der Waals surface area contributed by atoms with Gasteiger partial charge < -0.3 is 14.8 Å². The van der Waals surface area contributed by atoms with Crippen LogP contribution in [0.2, 0.25) is 0 Å². The van der Waals surface area contributed by atoms with Gasteiger partial charge in [0.1, 0.15) is 6.04 Å². The zero-order valence-electron chi connectivity index (χ0n) is 8.70. The van der Waals surface area contributed by atoms with Gasteiger partial charge in [0, 0.05) is 11.8 Å². The summed E-state index contributed by atoms with van der Waals surface area (Å²) >= 11 is 0. The van der Waals surface area contributed by atoms with Crippen LogP contribution in [-0.2, 0) is 0 Å². The summed E-state index contributed by atoms with van der Waals surface area (Å²) in [4.78, 5) is 0. The van der Waals surface area contributed by atoms with E-state index in [0.717, 1.165) is 22.7 Å². The summed E-state index contributed by atoms with van der Waals surface area (Å²) in [6, 6.07) is 5.68. The second-order valence-corrected chi connectivity index (χ2v) is 3.52. The molecule has 78 valence electrons. The molecule has 1 atom stereocenters. The van der Waals surface area contributed by atoms with Crippen LogP contribution >= 0.6 is 0 Å². The number of nitriles is 1. The number of ether oxygens (including phenoxy) is 2. The summed E-state index contributed by atoms with van der Waals surface area (Å²) in [5, 5.41) is 11.8. The zero-order chi connectivity index (χ0) is 10.8. The summed E-state index contributed by atoms with van der Waals surface area (Å²) in [5.41, 5.74) is 1.95. The van der Waals surface area contributed by atoms with Crippen LogP contribution in [0.4, 0.5) is 5.69 Å². The minimum absolute atomic E-state index is 0.218. The fraction of sp³-hybridized carbons (Fsp3) is 0.364. The lowest BCUT2D eigenvalue weighted by molar-refractivity contribution is 0.174. The number of anilines is 1. The molecule has 4 nitrogen and oxygen atoms in total. The summed E-state index contributed by atoms with van der Waals surface area (Å²) in [7, 11) is 0. The number of rotatable bonds is 2. The summed E-state index contributed by atoms with van der Waals surface area (Å²) in [6.45, 7) is 4.05. The van der Waals surface area contributed by atoms with E-state index < -0.39 is 0 Å². The van der Waals surface area contributed by atoms with E-state index in [1.54, 1.807) is 0 Å². The number of fused-ring (bicyclic) bond motifs is 1. The molecular formula is C11H12N2O2. The molecule has 0 aromatic heterocycles. The first-order valence-corrected chi connectivity index (χ1v) is 4.77. The molecule has 1 aromatic carbocycles. The third kappa shape index (κ3) is 1.82. The molecule has 0 bridgehead atoms. The fourth-order valence-electron chi connectivity index (χ4n) is 1.46. The molecule has 1 aliphatic heterocycles. The number of hydrogen-bond acceptors (Lipinski definition) is 4. The van der Waals surface area contributed by atoms with E-state index in [0.29, 0.717) is 0 Å². The van der Waals surface area contributed by atoms with Crippen LogP contribution < -0.4 is 14.8 Å². The van der Waals surface area contributed by atoms with Gasteiger partial charge in [-0.25, -0.2) is 0 Å². The average molecular weight is 204 g/mol. The quantitative estimate of drug-likeness (QED) is 0.801. The summed E-state index contributed by atoms with van der Waals surface area (Å²) in [5.74, 6) is 1.50. The highest BCUT2D eigenvalue weighted by Gasteiger charge is 2.16. The summed E-state index contributed by atoms with van der Waals surface area (Å²) < 4.78 is 10.5. The van der Waals surface area contributed by atoms with Crippen molar-refractivity contribution in [3.63, 3.8) is 0 Å². The van der Waals surface area contributed by atoms with Crippen LogP contribution in [0.15, 0.2) is 12.1 Å². The van der Waals surface area contributed by atoms with Gasteiger partial charge in [-0.15, -0.1) is 0 Å². The highest BCUT2D eigenvalue weighted by Crippen LogP contribution is 2.36. The molecule has 1 heterocycles. The van der Waals surface area contributed by atoms with Crippen LogP contribution in [0.3, 0.4) is 0 Å². The molecule has 0 saturated heterocycles. The molecule has 1 unspecified atom stereocenters. The maximum Gasteiger partial charge on any atom is 0.231 e. The van der Waals surface area contributed by atoms with E-state index in [1.807, 2.05) is 26.0 Å². The Hall–Kier alpha value is -1.89. The van der Waals surface area contributed by atoms with Crippen LogP contribution in [-0.4, -0.2) is 12.8 Å². The van der Waals surface area contributed by atoms with Gasteiger partial charge >= 0.3 is 0 Å². The lowest BCUT2D eigenvalue weighted by Crippen LogP contribution is -2.12. The minimum Gasteiger partial charge on any atom is -0.454 e. The number of hydrogen-bond donors (Lipinski definition) is 1. The first-order valence-electron chi connectivity index (χ1n) is 4.77. The Kier molecular flexibility index (Phi) is 2.38. The SMILES string of the molecule is Cc1cc2c(cc1NC(C)C#N)OCO2. The molecule has 0 aliphatic carbocycles. The number of nitrogens with zero attached hydrogens (tertiary/aromatic N) is 1. The van der Waals surface area contributed by atoms with E-state index in [9.17, 15) is 0 Å². The Bertz CT molecular complexity index is 423. The van der Waals surface area contributed by atoms with Crippen molar-refractivity contribution in [2.24, 2.45) is 0 Å². The van der Waals surface area contributed by atoms with Gasteiger partial charge in [-0.05, 0) is 25.5 Å². The lowest BCUT2D eigenvalue weighted by Gasteiger charge is -2.11. The molecule has 0 saturated carbocycles. The van der Waals surface area contributed by atoms with Crippen LogP contribution in [0.25, 0.3) is 0 Å². The highest BCUT2D eigenvalue weighted by molar-refractivity contribution is 5.61. The largest absolute Gasteiger partial charge is 0.454 e. The molecule has 0 amide bonds. The molecule has 15 heavy (non-hydrogen) atoms. The van der Waals surface area contributed by atoms with E-state index in [2.05, 4.69) is 11.4 Å². The standard InChI is InChI=1S/C11H12N2O2/c1-7-3-10-11(15-6-14-10)4-9(7)13-8(2)5-12/h3-4,8,13H,6H2,1-2H3. The smallest absolute Gasteiger partial charge is 0.231 e. The van der Waals surface area contributed by atoms with Gasteiger partial charge in [-0.3, -0.25) is 0 Å². The fourth-order valence-corrected chi connectivity index (χ4v) is 1.46. The van der Waals surface area contributed by atoms with Gasteiger partial charge in [0.2, 0.25) is 6.79 Å². The van der Waals surface area contributed by atoms with Crippen molar-refractivity contribution >= 4 is 5.69 Å². The predicted octanol–water partition coefficient (Wildman–Crippen LogP) is 2.05. The third-order valence-electron chi connectivity index (χ3n) is 2.29. The molecule has 0 spiro atoms. The second-order valence-electron chi connectivity index (χ2n) is 3.52. The molecule has 0 radical (unpaired) electrons. The number of nitrogens with one attached hydrogen (secondary N) is 1. The number of aryl methyl sites for hydroxylation is 1. The number of benzene rings is 1. The molecular weight excluding hydrogens is 192 g/mol. The van der Waals surface area contributed by atoms with Crippen LogP contribution in [0, 0.1) is 18.3 Å². The van der Waals surface area contributed by atoms with E-state index in [-0.39, 0.29) is 12.8 Å². The van der Waals surface area contributed by atoms with Gasteiger partial charge in [0.15, 0.2) is 11.5 Å². The van der Waals surface area contributed by atoms with E-state index in [1.165, 1.54) is 0 Å². The predicted molar refractivity (Wildman–Crippen MR) is 56.0 cm³/mol. The molecule has 0 fully saturated rings. The van der Waals surface area contributed by atoms with Crippen molar-refractivity contribution in [2.45, 2.75) is 19.9 Å². The Morgan fingerprint density at radius 2 is 2.07 bits per heavy atom. The van der Waals surface area contributed by atoms with Crippen molar-refractivity contribution in [1.82, 2.24) is 0 Å². The first-order chi connectivity index (χ1) is 7.20. The average Bonchev–Trinajstić information content (AvgIpc) is 2.65. The Morgan fingerprint density at radius 1 is 1.40 bits per heavy atom. The van der Waals surface area contributed by atoms with Gasteiger partial charge in [-0.1, -0.05) is 0 Å². The Labute approximate surface area is 88.4 Å². The highest BCUT2D eigenvalue weighted by atomic mass is 16.7. The van der Waals surface area contributed by atoms with Crippen LogP contribution in [0.1, 0.15) is 12.5 Å². The van der Waals surface area contributed by atoms with Crippen LogP contribution in [0.5, 0.6) is 11.5 Å². The molecule has 4 heteroatoms. The summed E-state index contributed by atoms with van der Waals surface area (Å²) in [6.07, 6.45) is 0. The van der Waals surface area contributed by atoms with Crippen molar-refractivity contribution in [1.29, 1.82) is 5.26 Å². The Morgan fingerprint density at radius 3 is 2.73 bits per heavy atom. The van der Waals surface area contributed by atoms with E-state index >= 15 is 0 Å². The van der Waals surface area contributed by atoms with Gasteiger partial charge in [0.05, 0.1) is 6.07 Å². The van der Waals surface area contributed by atoms with Gasteiger partial charge in [-0.2, -0.15) is 5.26 Å². The minimum atomic E-state index is -0.218. The van der Waals surface area contributed by atoms with E-state index in [4.69, 9.17) is 14.7 Å². The maximum absolute atomic E-state index is 8.71. The molecule has 1 aliphatic rings. The van der Waals surface area contributed by atoms with Crippen molar-refractivity contribution in [2.75, 3.05) is 12.1 Å². The maximum atomic E-state index is 8.71. The molecule has 1 N–H and O–H groups in total. The first kappa shape index (κ1) is 9.66. The lowest BCUT2D eigenvalue weighted by atomic mass is 10.1. The van der Waals surface area contributed by atoms with Crippen molar-refractivity contribution in [3.8, 4) is 17.6 Å². The monoisotopic (exact) mass is 204 g/mol. The topological polar surface area (TPSA) is 54.3 Å². The van der Waals surface area contributed by atoms with Crippen molar-refractivity contribution in [3.05, 3.63) is 17.7 Å². The second kappa shape index (κ2) is 3.70. The van der Waals surface area contributed by atoms with Crippen molar-refractivity contribution < 1.29 is 9.47 Å². The third-order valence-corrected chi connectivity index (χ3v) is 2.29. The normalized spacial score (nSPS) is 14.5.